The minimum absolute atomic E-state index is 0.0242. The van der Waals surface area contributed by atoms with Gasteiger partial charge in [-0.1, -0.05) is 50.2 Å². The molecule has 9 atom stereocenters. The van der Waals surface area contributed by atoms with Crippen LogP contribution >= 0.6 is 0 Å². The van der Waals surface area contributed by atoms with Crippen molar-refractivity contribution in [1.82, 2.24) is 25.6 Å². The van der Waals surface area contributed by atoms with Gasteiger partial charge < -0.3 is 63.5 Å². The summed E-state index contributed by atoms with van der Waals surface area (Å²) in [6, 6.07) is 10.3. The summed E-state index contributed by atoms with van der Waals surface area (Å²) in [7, 11) is 2.54. The molecule has 4 aromatic rings. The average molecular weight is 1070 g/mol. The molecule has 0 bridgehead atoms. The van der Waals surface area contributed by atoms with Crippen molar-refractivity contribution in [2.75, 3.05) is 34.0 Å². The third-order valence-electron chi connectivity index (χ3n) is 12.6. The van der Waals surface area contributed by atoms with E-state index in [0.29, 0.717) is 11.1 Å². The number of pyridine rings is 3. The highest BCUT2D eigenvalue weighted by atomic mass is 16.6. The molecule has 24 nitrogen and oxygen atoms in total. The number of nitrogens with one attached hydrogen (secondary N) is 2. The smallest absolute Gasteiger partial charge is 0.332 e. The van der Waals surface area contributed by atoms with Crippen molar-refractivity contribution in [3.63, 3.8) is 0 Å². The van der Waals surface area contributed by atoms with Gasteiger partial charge in [0.2, 0.25) is 0 Å². The summed E-state index contributed by atoms with van der Waals surface area (Å²) in [6.45, 7) is 6.25. The number of amides is 2. The number of methoxy groups -OCH3 is 2. The van der Waals surface area contributed by atoms with Crippen molar-refractivity contribution in [2.24, 2.45) is 17.8 Å². The number of carbonyl (C=O) groups is 8. The Hall–Kier alpha value is -8.41. The van der Waals surface area contributed by atoms with E-state index >= 15 is 0 Å². The number of nitrogens with zero attached hydrogens (tertiary/aromatic N) is 3. The minimum atomic E-state index is -1.59. The van der Waals surface area contributed by atoms with Crippen LogP contribution in [0.2, 0.25) is 0 Å². The number of aryl methyl sites for hydroxylation is 1. The van der Waals surface area contributed by atoms with Crippen LogP contribution in [0.1, 0.15) is 91.0 Å². The number of ether oxygens (including phenoxy) is 9. The topological polar surface area (TPSA) is 323 Å². The van der Waals surface area contributed by atoms with Gasteiger partial charge in [-0.25, -0.2) is 19.6 Å². The molecule has 412 valence electrons. The Kier molecular flexibility index (Phi) is 20.2. The number of aromatic nitrogens is 3. The van der Waals surface area contributed by atoms with Crippen molar-refractivity contribution >= 4 is 47.6 Å². The lowest BCUT2D eigenvalue weighted by molar-refractivity contribution is -0.177. The van der Waals surface area contributed by atoms with Crippen LogP contribution in [0, 0.1) is 17.8 Å². The number of esters is 6. The van der Waals surface area contributed by atoms with Gasteiger partial charge in [0.25, 0.3) is 11.8 Å². The number of hydrogen-bond acceptors (Lipinski definition) is 22. The van der Waals surface area contributed by atoms with Crippen LogP contribution in [0.4, 0.5) is 0 Å². The molecule has 77 heavy (non-hydrogen) atoms. The van der Waals surface area contributed by atoms with Crippen LogP contribution in [0.15, 0.2) is 73.3 Å². The average Bonchev–Trinajstić information content (AvgIpc) is 3.47. The van der Waals surface area contributed by atoms with Crippen LogP contribution in [-0.4, -0.2) is 143 Å². The molecule has 2 saturated heterocycles. The summed E-state index contributed by atoms with van der Waals surface area (Å²) in [5.41, 5.74) is 0.722. The van der Waals surface area contributed by atoms with Crippen LogP contribution in [0.5, 0.6) is 23.0 Å². The zero-order valence-electron chi connectivity index (χ0n) is 43.3. The van der Waals surface area contributed by atoms with Crippen LogP contribution in [-0.2, 0) is 75.0 Å². The van der Waals surface area contributed by atoms with Gasteiger partial charge in [-0.15, -0.1) is 0 Å². The Labute approximate surface area is 442 Å². The maximum Gasteiger partial charge on any atom is 0.332 e. The van der Waals surface area contributed by atoms with Gasteiger partial charge in [-0.3, -0.25) is 33.8 Å². The number of carbonyl (C=O) groups excluding carboxylic acids is 8. The summed E-state index contributed by atoms with van der Waals surface area (Å²) in [4.78, 5) is 121. The van der Waals surface area contributed by atoms with Gasteiger partial charge in [0.05, 0.1) is 44.5 Å². The number of rotatable bonds is 19. The van der Waals surface area contributed by atoms with E-state index in [-0.39, 0.29) is 44.0 Å². The fraction of sp³-hybridized carbons (Fsp3) is 0.453. The number of aromatic hydroxyl groups is 2. The first-order valence-corrected chi connectivity index (χ1v) is 24.6. The molecular weight excluding hydrogens is 1010 g/mol. The van der Waals surface area contributed by atoms with Gasteiger partial charge in [0.15, 0.2) is 58.7 Å². The molecule has 4 N–H and O–H groups in total. The largest absolute Gasteiger partial charge is 0.503 e. The van der Waals surface area contributed by atoms with E-state index in [2.05, 4.69) is 25.6 Å². The Balaban J connectivity index is 1.19. The quantitative estimate of drug-likeness (QED) is 0.0595. The predicted octanol–water partition coefficient (Wildman–Crippen LogP) is 3.23. The van der Waals surface area contributed by atoms with Crippen LogP contribution in [0.25, 0.3) is 0 Å². The molecule has 2 amide bonds. The summed E-state index contributed by atoms with van der Waals surface area (Å²) >= 11 is 0. The maximum atomic E-state index is 14.2. The van der Waals surface area contributed by atoms with E-state index in [0.717, 1.165) is 5.56 Å². The van der Waals surface area contributed by atoms with E-state index in [1.54, 1.807) is 19.9 Å². The molecule has 0 aliphatic carbocycles. The highest BCUT2D eigenvalue weighted by molar-refractivity contribution is 5.99. The summed E-state index contributed by atoms with van der Waals surface area (Å²) in [6.07, 6.45) is -0.165. The summed E-state index contributed by atoms with van der Waals surface area (Å²) in [5.74, 6) is -13.0. The minimum Gasteiger partial charge on any atom is -0.503 e. The zero-order chi connectivity index (χ0) is 55.9. The Bertz CT molecular complexity index is 2780. The van der Waals surface area contributed by atoms with E-state index in [1.807, 2.05) is 30.3 Å². The molecule has 0 radical (unpaired) electrons. The molecule has 24 heteroatoms. The highest BCUT2D eigenvalue weighted by Gasteiger charge is 2.44. The van der Waals surface area contributed by atoms with Crippen molar-refractivity contribution in [1.29, 1.82) is 0 Å². The second-order valence-electron chi connectivity index (χ2n) is 18.4. The highest BCUT2D eigenvalue weighted by Crippen LogP contribution is 2.31. The standard InChI is InChI=1S/C53H61N5O19/c1-27(2)48(63)76-44-29(4)74-52(67)36(57-46(61)40-42(59)38(69-6)15-18-55-40)25-72-50(65)34(44)14-13-32-21-33(23-54-22-32)28(3)49(64)77-45-30(5)75-53(68)37(58-47(62)41-43(60)39(70-7)16-19-56-41)26-73-51(66)35(45)17-20-71-24-31-11-9-8-10-12-31/h8-12,15-16,18-19,21-23,27-30,34-37,44-45,59-60H,13-14,17,20,24-26H2,1-7H3,(H,57,61)(H,58,62). The normalized spacial score (nSPS) is 22.3. The Morgan fingerprint density at radius 1 is 0.675 bits per heavy atom. The predicted molar refractivity (Wildman–Crippen MR) is 264 cm³/mol. The SMILES string of the molecule is COc1ccnc(C(=O)NC2COC(=O)C(CCc3cncc(C(C)C(=O)OC4C(C)OC(=O)C(NC(=O)c5nccc(OC)c5O)COC(=O)C4CCOCc4ccccc4)c3)C(OC(=O)C(C)C)C(C)OC2=O)c1O. The van der Waals surface area contributed by atoms with E-state index < -0.39 is 144 Å². The van der Waals surface area contributed by atoms with Crippen molar-refractivity contribution < 1.29 is 91.2 Å². The van der Waals surface area contributed by atoms with Crippen LogP contribution < -0.4 is 20.1 Å². The molecular formula is C53H61N5O19. The fourth-order valence-corrected chi connectivity index (χ4v) is 8.20. The van der Waals surface area contributed by atoms with Gasteiger partial charge >= 0.3 is 35.8 Å². The molecule has 6 rings (SSSR count). The second kappa shape index (κ2) is 26.9. The van der Waals surface area contributed by atoms with Crippen molar-refractivity contribution in [3.8, 4) is 23.0 Å². The first-order valence-electron chi connectivity index (χ1n) is 24.6. The first kappa shape index (κ1) is 57.9. The number of benzene rings is 1. The molecule has 2 aliphatic heterocycles. The van der Waals surface area contributed by atoms with Gasteiger partial charge in [-0.2, -0.15) is 0 Å². The molecule has 1 aromatic carbocycles. The maximum absolute atomic E-state index is 14.2. The molecule has 3 aromatic heterocycles. The molecule has 0 saturated carbocycles. The fourth-order valence-electron chi connectivity index (χ4n) is 8.20. The van der Waals surface area contributed by atoms with E-state index in [9.17, 15) is 48.6 Å². The Morgan fingerprint density at radius 2 is 1.18 bits per heavy atom. The lowest BCUT2D eigenvalue weighted by atomic mass is 9.90. The third-order valence-corrected chi connectivity index (χ3v) is 12.6. The van der Waals surface area contributed by atoms with Crippen LogP contribution in [0.3, 0.4) is 0 Å². The van der Waals surface area contributed by atoms with Crippen molar-refractivity contribution in [2.45, 2.75) is 103 Å². The number of hydrogen-bond donors (Lipinski definition) is 4. The van der Waals surface area contributed by atoms with Gasteiger partial charge in [0.1, 0.15) is 25.4 Å². The molecule has 2 aliphatic rings. The lowest BCUT2D eigenvalue weighted by Crippen LogP contribution is -2.46. The van der Waals surface area contributed by atoms with E-state index in [1.165, 1.54) is 71.9 Å². The summed E-state index contributed by atoms with van der Waals surface area (Å²) < 4.78 is 50.4. The monoisotopic (exact) mass is 1070 g/mol. The van der Waals surface area contributed by atoms with Crippen molar-refractivity contribution in [3.05, 3.63) is 101 Å². The third kappa shape index (κ3) is 14.9. The molecule has 0 spiro atoms. The Morgan fingerprint density at radius 3 is 1.69 bits per heavy atom. The zero-order valence-corrected chi connectivity index (χ0v) is 43.3. The van der Waals surface area contributed by atoms with E-state index in [4.69, 9.17) is 42.6 Å². The lowest BCUT2D eigenvalue weighted by Gasteiger charge is -2.30. The molecule has 9 unspecified atom stereocenters. The molecule has 5 heterocycles. The molecule has 2 fully saturated rings. The second-order valence-corrected chi connectivity index (χ2v) is 18.4. The van der Waals surface area contributed by atoms with Gasteiger partial charge in [-0.05, 0) is 56.7 Å². The van der Waals surface area contributed by atoms with Gasteiger partial charge in [0, 0.05) is 43.5 Å². The summed E-state index contributed by atoms with van der Waals surface area (Å²) in [5, 5.41) is 25.8. The number of cyclic esters (lactones) is 4. The first-order chi connectivity index (χ1) is 36.8.